The molecular formula is C12H14O4S. The number of aryl methyl sites for hydroxylation is 2. The van der Waals surface area contributed by atoms with Crippen molar-refractivity contribution in [2.45, 2.75) is 30.4 Å². The van der Waals surface area contributed by atoms with Crippen molar-refractivity contribution in [1.82, 2.24) is 0 Å². The van der Waals surface area contributed by atoms with Crippen LogP contribution in [0.25, 0.3) is 0 Å². The average molecular weight is 254 g/mol. The first-order valence-electron chi connectivity index (χ1n) is 5.38. The lowest BCUT2D eigenvalue weighted by atomic mass is 10.2. The zero-order chi connectivity index (χ0) is 12.8. The molecule has 1 aromatic rings. The Morgan fingerprint density at radius 1 is 1.35 bits per heavy atom. The first kappa shape index (κ1) is 12.1. The fourth-order valence-electron chi connectivity index (χ4n) is 2.06. The Balaban J connectivity index is 2.37. The standard InChI is InChI=1S/C12H14O4S/c1-7-3-4-10(8(2)5-7)17(15,16)11-6-9(11)12(13)14/h3-5,9,11H,6H2,1-2H3,(H,13,14). The molecule has 1 saturated carbocycles. The van der Waals surface area contributed by atoms with Gasteiger partial charge in [0.25, 0.3) is 0 Å². The van der Waals surface area contributed by atoms with Crippen LogP contribution in [0.4, 0.5) is 0 Å². The van der Waals surface area contributed by atoms with E-state index in [4.69, 9.17) is 5.11 Å². The molecular weight excluding hydrogens is 240 g/mol. The molecule has 0 saturated heterocycles. The van der Waals surface area contributed by atoms with Gasteiger partial charge in [-0.25, -0.2) is 8.42 Å². The monoisotopic (exact) mass is 254 g/mol. The molecule has 92 valence electrons. The molecule has 4 nitrogen and oxygen atoms in total. The Bertz CT molecular complexity index is 574. The molecule has 5 heteroatoms. The molecule has 2 rings (SSSR count). The van der Waals surface area contributed by atoms with E-state index in [0.29, 0.717) is 5.56 Å². The number of sulfone groups is 1. The minimum Gasteiger partial charge on any atom is -0.481 e. The Hall–Kier alpha value is -1.36. The molecule has 0 radical (unpaired) electrons. The number of carboxylic acid groups (broad SMARTS) is 1. The van der Waals surface area contributed by atoms with Gasteiger partial charge in [0, 0.05) is 0 Å². The minimum atomic E-state index is -3.49. The zero-order valence-electron chi connectivity index (χ0n) is 9.67. The third kappa shape index (κ3) is 2.07. The van der Waals surface area contributed by atoms with E-state index in [9.17, 15) is 13.2 Å². The van der Waals surface area contributed by atoms with Crippen LogP contribution in [0, 0.1) is 19.8 Å². The van der Waals surface area contributed by atoms with Gasteiger partial charge in [-0.2, -0.15) is 0 Å². The van der Waals surface area contributed by atoms with Crippen molar-refractivity contribution in [1.29, 1.82) is 0 Å². The summed E-state index contributed by atoms with van der Waals surface area (Å²) in [7, 11) is -3.49. The van der Waals surface area contributed by atoms with E-state index < -0.39 is 27.0 Å². The highest BCUT2D eigenvalue weighted by Crippen LogP contribution is 2.41. The van der Waals surface area contributed by atoms with Crippen LogP contribution in [0.2, 0.25) is 0 Å². The molecule has 0 aliphatic heterocycles. The fraction of sp³-hybridized carbons (Fsp3) is 0.417. The fourth-order valence-corrected chi connectivity index (χ4v) is 4.16. The number of carbonyl (C=O) groups is 1. The predicted molar refractivity (Wildman–Crippen MR) is 62.6 cm³/mol. The summed E-state index contributed by atoms with van der Waals surface area (Å²) in [5.74, 6) is -1.76. The van der Waals surface area contributed by atoms with Crippen molar-refractivity contribution in [3.05, 3.63) is 29.3 Å². The molecule has 0 amide bonds. The zero-order valence-corrected chi connectivity index (χ0v) is 10.5. The number of benzene rings is 1. The van der Waals surface area contributed by atoms with E-state index in [0.717, 1.165) is 5.56 Å². The second-order valence-corrected chi connectivity index (χ2v) is 6.67. The number of carboxylic acids is 1. The molecule has 1 aliphatic carbocycles. The molecule has 1 fully saturated rings. The summed E-state index contributed by atoms with van der Waals surface area (Å²) in [6.45, 7) is 3.62. The second-order valence-electron chi connectivity index (χ2n) is 4.53. The van der Waals surface area contributed by atoms with Crippen molar-refractivity contribution < 1.29 is 18.3 Å². The summed E-state index contributed by atoms with van der Waals surface area (Å²) >= 11 is 0. The van der Waals surface area contributed by atoms with Crippen molar-refractivity contribution in [2.24, 2.45) is 5.92 Å². The van der Waals surface area contributed by atoms with Crippen molar-refractivity contribution in [2.75, 3.05) is 0 Å². The molecule has 2 atom stereocenters. The number of hydrogen-bond acceptors (Lipinski definition) is 3. The SMILES string of the molecule is Cc1ccc(S(=O)(=O)C2CC2C(=O)O)c(C)c1. The molecule has 0 aromatic heterocycles. The van der Waals surface area contributed by atoms with Gasteiger partial charge < -0.3 is 5.11 Å². The van der Waals surface area contributed by atoms with Gasteiger partial charge in [-0.3, -0.25) is 4.79 Å². The topological polar surface area (TPSA) is 71.4 Å². The van der Waals surface area contributed by atoms with Crippen molar-refractivity contribution >= 4 is 15.8 Å². The van der Waals surface area contributed by atoms with Crippen molar-refractivity contribution in [3.63, 3.8) is 0 Å². The van der Waals surface area contributed by atoms with Crippen molar-refractivity contribution in [3.8, 4) is 0 Å². The summed E-state index contributed by atoms with van der Waals surface area (Å²) in [5.41, 5.74) is 1.67. The summed E-state index contributed by atoms with van der Waals surface area (Å²) < 4.78 is 24.4. The van der Waals surface area contributed by atoms with E-state index in [1.54, 1.807) is 25.1 Å². The molecule has 1 N–H and O–H groups in total. The summed E-state index contributed by atoms with van der Waals surface area (Å²) in [6, 6.07) is 5.10. The van der Waals surface area contributed by atoms with Crippen LogP contribution < -0.4 is 0 Å². The van der Waals surface area contributed by atoms with E-state index in [1.807, 2.05) is 6.92 Å². The van der Waals surface area contributed by atoms with Crippen LogP contribution in [0.3, 0.4) is 0 Å². The first-order chi connectivity index (χ1) is 7.84. The van der Waals surface area contributed by atoms with E-state index in [-0.39, 0.29) is 11.3 Å². The van der Waals surface area contributed by atoms with E-state index >= 15 is 0 Å². The highest BCUT2D eigenvalue weighted by molar-refractivity contribution is 7.92. The molecule has 0 heterocycles. The van der Waals surface area contributed by atoms with Crippen LogP contribution in [0.1, 0.15) is 17.5 Å². The molecule has 1 aromatic carbocycles. The largest absolute Gasteiger partial charge is 0.481 e. The Kier molecular flexibility index (Phi) is 2.73. The van der Waals surface area contributed by atoms with Gasteiger partial charge >= 0.3 is 5.97 Å². The first-order valence-corrected chi connectivity index (χ1v) is 6.92. The van der Waals surface area contributed by atoms with Crippen LogP contribution in [-0.4, -0.2) is 24.7 Å². The van der Waals surface area contributed by atoms with Gasteiger partial charge in [-0.1, -0.05) is 17.7 Å². The predicted octanol–water partition coefficient (Wildman–Crippen LogP) is 1.55. The van der Waals surface area contributed by atoms with Crippen LogP contribution in [0.5, 0.6) is 0 Å². The normalized spacial score (nSPS) is 23.4. The number of rotatable bonds is 3. The molecule has 0 spiro atoms. The quantitative estimate of drug-likeness (QED) is 0.888. The third-order valence-corrected chi connectivity index (χ3v) is 5.47. The second kappa shape index (κ2) is 3.84. The van der Waals surface area contributed by atoms with Gasteiger partial charge in [-0.15, -0.1) is 0 Å². The summed E-state index contributed by atoms with van der Waals surface area (Å²) in [6.07, 6.45) is 0.227. The number of hydrogen-bond donors (Lipinski definition) is 1. The summed E-state index contributed by atoms with van der Waals surface area (Å²) in [5, 5.41) is 8.03. The van der Waals surface area contributed by atoms with Gasteiger partial charge in [0.05, 0.1) is 16.1 Å². The van der Waals surface area contributed by atoms with Crippen LogP contribution in [0.15, 0.2) is 23.1 Å². The third-order valence-electron chi connectivity index (χ3n) is 3.08. The minimum absolute atomic E-state index is 0.227. The van der Waals surface area contributed by atoms with Gasteiger partial charge in [0.2, 0.25) is 0 Å². The number of aliphatic carboxylic acids is 1. The highest BCUT2D eigenvalue weighted by Gasteiger charge is 2.52. The Morgan fingerprint density at radius 2 is 2.00 bits per heavy atom. The lowest BCUT2D eigenvalue weighted by molar-refractivity contribution is -0.138. The van der Waals surface area contributed by atoms with E-state index in [1.165, 1.54) is 0 Å². The Labute approximate surface area is 100 Å². The van der Waals surface area contributed by atoms with E-state index in [2.05, 4.69) is 0 Å². The maximum atomic E-state index is 12.2. The summed E-state index contributed by atoms with van der Waals surface area (Å²) in [4.78, 5) is 11.0. The molecule has 1 aliphatic rings. The average Bonchev–Trinajstić information content (AvgIpc) is 2.96. The molecule has 2 unspecified atom stereocenters. The van der Waals surface area contributed by atoms with Gasteiger partial charge in [0.1, 0.15) is 0 Å². The molecule has 17 heavy (non-hydrogen) atoms. The highest BCUT2D eigenvalue weighted by atomic mass is 32.2. The van der Waals surface area contributed by atoms with Crippen LogP contribution in [-0.2, 0) is 14.6 Å². The van der Waals surface area contributed by atoms with Crippen LogP contribution >= 0.6 is 0 Å². The maximum Gasteiger partial charge on any atom is 0.307 e. The maximum absolute atomic E-state index is 12.2. The lowest BCUT2D eigenvalue weighted by Gasteiger charge is -2.07. The molecule has 0 bridgehead atoms. The van der Waals surface area contributed by atoms with Gasteiger partial charge in [-0.05, 0) is 31.9 Å². The smallest absolute Gasteiger partial charge is 0.307 e. The Morgan fingerprint density at radius 3 is 2.47 bits per heavy atom. The lowest BCUT2D eigenvalue weighted by Crippen LogP contribution is -2.14. The van der Waals surface area contributed by atoms with Gasteiger partial charge in [0.15, 0.2) is 9.84 Å².